The van der Waals surface area contributed by atoms with Gasteiger partial charge in [0, 0.05) is 5.56 Å². The van der Waals surface area contributed by atoms with Crippen molar-refractivity contribution in [2.24, 2.45) is 0 Å². The van der Waals surface area contributed by atoms with Crippen molar-refractivity contribution in [2.45, 2.75) is 6.92 Å². The van der Waals surface area contributed by atoms with Crippen molar-refractivity contribution < 1.29 is 5.11 Å². The molecule has 0 amide bonds. The number of rotatable bonds is 1. The molecule has 0 unspecified atom stereocenters. The Bertz CT molecular complexity index is 734. The number of fused-ring (bicyclic) bond motifs is 1. The first kappa shape index (κ1) is 11.1. The Morgan fingerprint density at radius 2 is 2.00 bits per heavy atom. The maximum absolute atomic E-state index is 9.52. The molecule has 2 aromatic carbocycles. The molecule has 0 bridgehead atoms. The molecule has 18 heavy (non-hydrogen) atoms. The maximum Gasteiger partial charge on any atom is 0.140 e. The highest BCUT2D eigenvalue weighted by Crippen LogP contribution is 2.30. The van der Waals surface area contributed by atoms with Crippen LogP contribution in [0, 0.1) is 6.92 Å². The van der Waals surface area contributed by atoms with E-state index in [1.54, 1.807) is 18.2 Å². The monoisotopic (exact) mass is 258 g/mol. The molecular formula is C14H11ClN2O. The number of aromatic amines is 1. The number of hydrogen-bond donors (Lipinski definition) is 2. The van der Waals surface area contributed by atoms with Gasteiger partial charge in [-0.3, -0.25) is 0 Å². The number of hydrogen-bond acceptors (Lipinski definition) is 2. The molecule has 90 valence electrons. The molecular weight excluding hydrogens is 248 g/mol. The SMILES string of the molecule is Cc1ccc2nc(-c3cc(O)ccc3Cl)[nH]c2c1. The minimum Gasteiger partial charge on any atom is -0.508 e. The number of nitrogens with one attached hydrogen (secondary N) is 1. The smallest absolute Gasteiger partial charge is 0.140 e. The molecule has 0 spiro atoms. The van der Waals surface area contributed by atoms with E-state index in [1.165, 1.54) is 5.56 Å². The molecule has 1 aromatic heterocycles. The highest BCUT2D eigenvalue weighted by molar-refractivity contribution is 6.33. The predicted octanol–water partition coefficient (Wildman–Crippen LogP) is 3.90. The summed E-state index contributed by atoms with van der Waals surface area (Å²) in [7, 11) is 0. The highest BCUT2D eigenvalue weighted by atomic mass is 35.5. The van der Waals surface area contributed by atoms with Gasteiger partial charge in [0.15, 0.2) is 0 Å². The van der Waals surface area contributed by atoms with Gasteiger partial charge >= 0.3 is 0 Å². The van der Waals surface area contributed by atoms with E-state index in [1.807, 2.05) is 25.1 Å². The van der Waals surface area contributed by atoms with Gasteiger partial charge in [-0.15, -0.1) is 0 Å². The Morgan fingerprint density at radius 1 is 1.17 bits per heavy atom. The molecule has 3 rings (SSSR count). The number of aromatic hydroxyl groups is 1. The number of phenolic OH excluding ortho intramolecular Hbond substituents is 1. The van der Waals surface area contributed by atoms with Gasteiger partial charge in [0.05, 0.1) is 16.1 Å². The first-order valence-corrected chi connectivity index (χ1v) is 5.96. The van der Waals surface area contributed by atoms with Crippen molar-refractivity contribution in [3.63, 3.8) is 0 Å². The molecule has 0 aliphatic heterocycles. The fourth-order valence-electron chi connectivity index (χ4n) is 1.95. The molecule has 3 nitrogen and oxygen atoms in total. The van der Waals surface area contributed by atoms with E-state index in [4.69, 9.17) is 11.6 Å². The van der Waals surface area contributed by atoms with Crippen LogP contribution in [0.2, 0.25) is 5.02 Å². The second-order valence-corrected chi connectivity index (χ2v) is 4.68. The molecule has 0 fully saturated rings. The Hall–Kier alpha value is -2.00. The lowest BCUT2D eigenvalue weighted by atomic mass is 10.2. The molecule has 0 saturated heterocycles. The third-order valence-corrected chi connectivity index (χ3v) is 3.17. The third kappa shape index (κ3) is 1.83. The van der Waals surface area contributed by atoms with Crippen LogP contribution >= 0.6 is 11.6 Å². The van der Waals surface area contributed by atoms with Crippen LogP contribution in [-0.4, -0.2) is 15.1 Å². The predicted molar refractivity (Wildman–Crippen MR) is 72.9 cm³/mol. The van der Waals surface area contributed by atoms with Gasteiger partial charge in [-0.1, -0.05) is 17.7 Å². The first-order valence-electron chi connectivity index (χ1n) is 5.59. The minimum atomic E-state index is 0.172. The van der Waals surface area contributed by atoms with Crippen molar-refractivity contribution in [1.29, 1.82) is 0 Å². The van der Waals surface area contributed by atoms with Crippen LogP contribution < -0.4 is 0 Å². The zero-order valence-electron chi connectivity index (χ0n) is 9.74. The quantitative estimate of drug-likeness (QED) is 0.695. The average Bonchev–Trinajstić information content (AvgIpc) is 2.74. The van der Waals surface area contributed by atoms with Crippen molar-refractivity contribution in [2.75, 3.05) is 0 Å². The van der Waals surface area contributed by atoms with Crippen LogP contribution in [0.4, 0.5) is 0 Å². The van der Waals surface area contributed by atoms with E-state index in [2.05, 4.69) is 9.97 Å². The lowest BCUT2D eigenvalue weighted by Crippen LogP contribution is -1.81. The Balaban J connectivity index is 2.22. The normalized spacial score (nSPS) is 11.0. The first-order chi connectivity index (χ1) is 8.63. The molecule has 4 heteroatoms. The second kappa shape index (κ2) is 4.03. The molecule has 0 saturated carbocycles. The summed E-state index contributed by atoms with van der Waals surface area (Å²) < 4.78 is 0. The number of aromatic nitrogens is 2. The number of H-pyrrole nitrogens is 1. The zero-order valence-corrected chi connectivity index (χ0v) is 10.5. The summed E-state index contributed by atoms with van der Waals surface area (Å²) in [4.78, 5) is 7.69. The van der Waals surface area contributed by atoms with Crippen LogP contribution in [0.25, 0.3) is 22.4 Å². The number of aryl methyl sites for hydroxylation is 1. The van der Waals surface area contributed by atoms with E-state index >= 15 is 0 Å². The number of halogens is 1. The van der Waals surface area contributed by atoms with E-state index in [-0.39, 0.29) is 5.75 Å². The van der Waals surface area contributed by atoms with Crippen LogP contribution in [-0.2, 0) is 0 Å². The second-order valence-electron chi connectivity index (χ2n) is 4.27. The topological polar surface area (TPSA) is 48.9 Å². The van der Waals surface area contributed by atoms with E-state index in [0.29, 0.717) is 16.4 Å². The van der Waals surface area contributed by atoms with Gasteiger partial charge in [0.1, 0.15) is 11.6 Å². The number of benzene rings is 2. The van der Waals surface area contributed by atoms with Gasteiger partial charge in [-0.2, -0.15) is 0 Å². The zero-order chi connectivity index (χ0) is 12.7. The molecule has 3 aromatic rings. The average molecular weight is 259 g/mol. The summed E-state index contributed by atoms with van der Waals surface area (Å²) in [5.74, 6) is 0.836. The summed E-state index contributed by atoms with van der Waals surface area (Å²) in [5, 5.41) is 10.1. The summed E-state index contributed by atoms with van der Waals surface area (Å²) >= 11 is 6.12. The Kier molecular flexibility index (Phi) is 2.49. The standard InChI is InChI=1S/C14H11ClN2O/c1-8-2-5-12-13(6-8)17-14(16-12)10-7-9(18)3-4-11(10)15/h2-7,18H,1H3,(H,16,17). The summed E-state index contributed by atoms with van der Waals surface area (Å²) in [6.07, 6.45) is 0. The summed E-state index contributed by atoms with van der Waals surface area (Å²) in [6, 6.07) is 10.8. The largest absolute Gasteiger partial charge is 0.508 e. The summed E-state index contributed by atoms with van der Waals surface area (Å²) in [5.41, 5.74) is 3.71. The van der Waals surface area contributed by atoms with Crippen LogP contribution in [0.1, 0.15) is 5.56 Å². The molecule has 0 atom stereocenters. The number of phenols is 1. The van der Waals surface area contributed by atoms with Gasteiger partial charge in [-0.05, 0) is 42.8 Å². The van der Waals surface area contributed by atoms with Crippen molar-refractivity contribution in [3.05, 3.63) is 47.0 Å². The fourth-order valence-corrected chi connectivity index (χ4v) is 2.15. The van der Waals surface area contributed by atoms with Gasteiger partial charge < -0.3 is 10.1 Å². The van der Waals surface area contributed by atoms with Gasteiger partial charge in [0.25, 0.3) is 0 Å². The van der Waals surface area contributed by atoms with E-state index in [9.17, 15) is 5.11 Å². The van der Waals surface area contributed by atoms with Crippen LogP contribution in [0.15, 0.2) is 36.4 Å². The molecule has 0 aliphatic carbocycles. The van der Waals surface area contributed by atoms with Crippen LogP contribution in [0.3, 0.4) is 0 Å². The Morgan fingerprint density at radius 3 is 2.83 bits per heavy atom. The fraction of sp³-hybridized carbons (Fsp3) is 0.0714. The Labute approximate surface area is 109 Å². The molecule has 2 N–H and O–H groups in total. The minimum absolute atomic E-state index is 0.172. The maximum atomic E-state index is 9.52. The molecule has 0 radical (unpaired) electrons. The lowest BCUT2D eigenvalue weighted by molar-refractivity contribution is 0.475. The van der Waals surface area contributed by atoms with Gasteiger partial charge in [-0.25, -0.2) is 4.98 Å². The number of imidazole rings is 1. The third-order valence-electron chi connectivity index (χ3n) is 2.84. The molecule has 0 aliphatic rings. The molecule has 1 heterocycles. The van der Waals surface area contributed by atoms with Crippen LogP contribution in [0.5, 0.6) is 5.75 Å². The highest BCUT2D eigenvalue weighted by Gasteiger charge is 2.09. The number of nitrogens with zero attached hydrogens (tertiary/aromatic N) is 1. The van der Waals surface area contributed by atoms with Gasteiger partial charge in [0.2, 0.25) is 0 Å². The van der Waals surface area contributed by atoms with Crippen molar-refractivity contribution in [1.82, 2.24) is 9.97 Å². The summed E-state index contributed by atoms with van der Waals surface area (Å²) in [6.45, 7) is 2.03. The van der Waals surface area contributed by atoms with E-state index in [0.717, 1.165) is 11.0 Å². The van der Waals surface area contributed by atoms with Crippen molar-refractivity contribution in [3.8, 4) is 17.1 Å². The lowest BCUT2D eigenvalue weighted by Gasteiger charge is -2.00. The van der Waals surface area contributed by atoms with E-state index < -0.39 is 0 Å². The van der Waals surface area contributed by atoms with Crippen molar-refractivity contribution >= 4 is 22.6 Å².